The van der Waals surface area contributed by atoms with Gasteiger partial charge in [0.05, 0.1) is 13.0 Å². The van der Waals surface area contributed by atoms with Gasteiger partial charge in [0.15, 0.2) is 0 Å². The van der Waals surface area contributed by atoms with Gasteiger partial charge in [-0.25, -0.2) is 8.78 Å². The Kier molecular flexibility index (Phi) is 5.58. The number of likely N-dealkylation sites (tertiary alicyclic amines) is 1. The maximum absolute atomic E-state index is 12.5. The third kappa shape index (κ3) is 4.33. The van der Waals surface area contributed by atoms with E-state index in [0.717, 1.165) is 6.42 Å². The predicted octanol–water partition coefficient (Wildman–Crippen LogP) is 2.55. The minimum Gasteiger partial charge on any atom is -0.374 e. The molecule has 7 heteroatoms. The smallest absolute Gasteiger partial charge is 0.330 e. The normalized spacial score (nSPS) is 24.3. The molecule has 0 unspecified atom stereocenters. The molecule has 2 atom stereocenters. The molecule has 1 saturated heterocycles. The first-order valence-electron chi connectivity index (χ1n) is 6.29. The lowest BCUT2D eigenvalue weighted by atomic mass is 10.1. The van der Waals surface area contributed by atoms with Gasteiger partial charge in [-0.1, -0.05) is 6.92 Å². The highest BCUT2D eigenvalue weighted by Gasteiger charge is 2.41. The highest BCUT2D eigenvalue weighted by atomic mass is 19.3. The van der Waals surface area contributed by atoms with Gasteiger partial charge in [-0.15, -0.1) is 0 Å². The Morgan fingerprint density at radius 2 is 2.05 bits per heavy atom. The van der Waals surface area contributed by atoms with Gasteiger partial charge in [-0.05, 0) is 19.3 Å². The molecule has 1 rings (SSSR count). The Bertz CT molecular complexity index is 312. The summed E-state index contributed by atoms with van der Waals surface area (Å²) in [5, 5.41) is 0. The van der Waals surface area contributed by atoms with Crippen molar-refractivity contribution >= 4 is 5.91 Å². The summed E-state index contributed by atoms with van der Waals surface area (Å²) >= 11 is 0. The minimum absolute atomic E-state index is 0.0591. The zero-order valence-electron chi connectivity index (χ0n) is 11.0. The summed E-state index contributed by atoms with van der Waals surface area (Å²) in [6.07, 6.45) is -2.89. The van der Waals surface area contributed by atoms with Crippen LogP contribution in [-0.2, 0) is 9.53 Å². The Hall–Kier alpha value is -0.850. The first-order valence-corrected chi connectivity index (χ1v) is 6.29. The van der Waals surface area contributed by atoms with Crippen LogP contribution in [0.5, 0.6) is 0 Å². The quantitative estimate of drug-likeness (QED) is 0.554. The molecule has 19 heavy (non-hydrogen) atoms. The molecule has 0 saturated carbocycles. The Balaban J connectivity index is 2.25. The number of carbonyl (C=O) groups excluding carboxylic acids is 1. The summed E-state index contributed by atoms with van der Waals surface area (Å²) in [6.45, 7) is 3.00. The van der Waals surface area contributed by atoms with Crippen LogP contribution in [0, 0.1) is 5.92 Å². The SMILES string of the molecule is C[C@@H]1[C@@H](C)CCN1C(=O)CCOCC(F)(F)C(F)F. The maximum Gasteiger partial charge on any atom is 0.330 e. The van der Waals surface area contributed by atoms with E-state index in [-0.39, 0.29) is 25.0 Å². The van der Waals surface area contributed by atoms with Gasteiger partial charge in [0, 0.05) is 12.6 Å². The number of hydrogen-bond donors (Lipinski definition) is 0. The van der Waals surface area contributed by atoms with Crippen LogP contribution >= 0.6 is 0 Å². The molecule has 1 heterocycles. The standard InChI is InChI=1S/C12H19F4NO2/c1-8-3-5-17(9(8)2)10(18)4-6-19-7-12(15,16)11(13)14/h8-9,11H,3-7H2,1-2H3/t8-,9+/m0/s1. The molecule has 0 aromatic carbocycles. The molecule has 0 radical (unpaired) electrons. The number of rotatable bonds is 6. The third-order valence-corrected chi connectivity index (χ3v) is 3.53. The van der Waals surface area contributed by atoms with Gasteiger partial charge in [0.1, 0.15) is 6.61 Å². The molecule has 1 fully saturated rings. The van der Waals surface area contributed by atoms with Gasteiger partial charge in [-0.2, -0.15) is 8.78 Å². The first kappa shape index (κ1) is 16.2. The molecule has 1 aliphatic rings. The second-order valence-electron chi connectivity index (χ2n) is 4.96. The van der Waals surface area contributed by atoms with E-state index in [4.69, 9.17) is 0 Å². The van der Waals surface area contributed by atoms with Crippen molar-refractivity contribution in [1.29, 1.82) is 0 Å². The van der Waals surface area contributed by atoms with E-state index in [1.807, 2.05) is 13.8 Å². The lowest BCUT2D eigenvalue weighted by molar-refractivity contribution is -0.167. The molecule has 0 aromatic rings. The van der Waals surface area contributed by atoms with E-state index < -0.39 is 19.0 Å². The summed E-state index contributed by atoms with van der Waals surface area (Å²) in [7, 11) is 0. The molecule has 1 aliphatic heterocycles. The lowest BCUT2D eigenvalue weighted by Gasteiger charge is -2.23. The average Bonchev–Trinajstić information content (AvgIpc) is 2.65. The molecule has 0 N–H and O–H groups in total. The second-order valence-corrected chi connectivity index (χ2v) is 4.96. The maximum atomic E-state index is 12.5. The van der Waals surface area contributed by atoms with E-state index in [2.05, 4.69) is 4.74 Å². The molecule has 1 amide bonds. The second kappa shape index (κ2) is 6.54. The van der Waals surface area contributed by atoms with Crippen molar-refractivity contribution in [3.05, 3.63) is 0 Å². The Labute approximate surface area is 109 Å². The Morgan fingerprint density at radius 3 is 2.53 bits per heavy atom. The van der Waals surface area contributed by atoms with E-state index in [1.54, 1.807) is 4.90 Å². The minimum atomic E-state index is -4.15. The summed E-state index contributed by atoms with van der Waals surface area (Å²) in [5.41, 5.74) is 0. The van der Waals surface area contributed by atoms with Crippen LogP contribution < -0.4 is 0 Å². The van der Waals surface area contributed by atoms with Gasteiger partial charge >= 0.3 is 12.3 Å². The largest absolute Gasteiger partial charge is 0.374 e. The van der Waals surface area contributed by atoms with E-state index in [0.29, 0.717) is 12.5 Å². The monoisotopic (exact) mass is 285 g/mol. The van der Waals surface area contributed by atoms with Gasteiger partial charge in [-0.3, -0.25) is 4.79 Å². The van der Waals surface area contributed by atoms with Crippen molar-refractivity contribution in [1.82, 2.24) is 4.90 Å². The molecule has 3 nitrogen and oxygen atoms in total. The van der Waals surface area contributed by atoms with Crippen LogP contribution in [-0.4, -0.2) is 49.0 Å². The summed E-state index contributed by atoms with van der Waals surface area (Å²) in [5.74, 6) is -3.93. The fourth-order valence-corrected chi connectivity index (χ4v) is 2.02. The summed E-state index contributed by atoms with van der Waals surface area (Å²) in [6, 6.07) is 0.120. The fourth-order valence-electron chi connectivity index (χ4n) is 2.02. The number of nitrogens with zero attached hydrogens (tertiary/aromatic N) is 1. The third-order valence-electron chi connectivity index (χ3n) is 3.53. The van der Waals surface area contributed by atoms with Crippen LogP contribution in [0.4, 0.5) is 17.6 Å². The number of carbonyl (C=O) groups is 1. The highest BCUT2D eigenvalue weighted by molar-refractivity contribution is 5.76. The lowest BCUT2D eigenvalue weighted by Crippen LogP contribution is -2.36. The van der Waals surface area contributed by atoms with Gasteiger partial charge in [0.25, 0.3) is 0 Å². The number of ether oxygens (including phenoxy) is 1. The number of halogens is 4. The molecule has 0 spiro atoms. The fraction of sp³-hybridized carbons (Fsp3) is 0.917. The zero-order chi connectivity index (χ0) is 14.6. The van der Waals surface area contributed by atoms with Crippen LogP contribution in [0.2, 0.25) is 0 Å². The van der Waals surface area contributed by atoms with Crippen molar-refractivity contribution in [2.24, 2.45) is 5.92 Å². The average molecular weight is 285 g/mol. The van der Waals surface area contributed by atoms with E-state index in [9.17, 15) is 22.4 Å². The van der Waals surface area contributed by atoms with Crippen LogP contribution in [0.1, 0.15) is 26.7 Å². The first-order chi connectivity index (χ1) is 8.75. The number of alkyl halides is 4. The molecule has 0 aromatic heterocycles. The van der Waals surface area contributed by atoms with Crippen molar-refractivity contribution in [3.63, 3.8) is 0 Å². The Morgan fingerprint density at radius 1 is 1.42 bits per heavy atom. The van der Waals surface area contributed by atoms with Gasteiger partial charge in [0.2, 0.25) is 5.91 Å². The van der Waals surface area contributed by atoms with Crippen LogP contribution in [0.25, 0.3) is 0 Å². The molecular formula is C12H19F4NO2. The number of amides is 1. The predicted molar refractivity (Wildman–Crippen MR) is 61.3 cm³/mol. The van der Waals surface area contributed by atoms with Crippen molar-refractivity contribution in [2.45, 2.75) is 45.1 Å². The molecule has 0 bridgehead atoms. The van der Waals surface area contributed by atoms with Gasteiger partial charge < -0.3 is 9.64 Å². The molecular weight excluding hydrogens is 266 g/mol. The summed E-state index contributed by atoms with van der Waals surface area (Å²) in [4.78, 5) is 13.4. The molecule has 0 aliphatic carbocycles. The van der Waals surface area contributed by atoms with Crippen molar-refractivity contribution in [2.75, 3.05) is 19.8 Å². The van der Waals surface area contributed by atoms with E-state index >= 15 is 0 Å². The summed E-state index contributed by atoms with van der Waals surface area (Å²) < 4.78 is 53.2. The number of hydrogen-bond acceptors (Lipinski definition) is 2. The van der Waals surface area contributed by atoms with Crippen LogP contribution in [0.3, 0.4) is 0 Å². The topological polar surface area (TPSA) is 29.5 Å². The zero-order valence-corrected chi connectivity index (χ0v) is 11.0. The van der Waals surface area contributed by atoms with Crippen molar-refractivity contribution < 1.29 is 27.1 Å². The van der Waals surface area contributed by atoms with E-state index in [1.165, 1.54) is 0 Å². The van der Waals surface area contributed by atoms with Crippen molar-refractivity contribution in [3.8, 4) is 0 Å². The highest BCUT2D eigenvalue weighted by Crippen LogP contribution is 2.24. The molecule has 112 valence electrons. The van der Waals surface area contributed by atoms with Crippen LogP contribution in [0.15, 0.2) is 0 Å².